The van der Waals surface area contributed by atoms with Crippen LogP contribution in [0.1, 0.15) is 25.5 Å². The van der Waals surface area contributed by atoms with Crippen molar-refractivity contribution in [1.82, 2.24) is 14.8 Å². The van der Waals surface area contributed by atoms with Gasteiger partial charge in [-0.15, -0.1) is 0 Å². The largest absolute Gasteiger partial charge is 0.375 e. The van der Waals surface area contributed by atoms with Crippen LogP contribution in [-0.2, 0) is 20.9 Å². The van der Waals surface area contributed by atoms with Crippen LogP contribution in [0.5, 0.6) is 0 Å². The summed E-state index contributed by atoms with van der Waals surface area (Å²) in [6.45, 7) is 4.88. The van der Waals surface area contributed by atoms with Gasteiger partial charge in [0.2, 0.25) is 11.8 Å². The number of morpholine rings is 1. The number of carbonyl (C=O) groups is 2. The van der Waals surface area contributed by atoms with Gasteiger partial charge in [0.1, 0.15) is 0 Å². The van der Waals surface area contributed by atoms with E-state index in [0.29, 0.717) is 39.2 Å². The number of nitrogens with zero attached hydrogens (tertiary/aromatic N) is 3. The van der Waals surface area contributed by atoms with Crippen molar-refractivity contribution < 1.29 is 14.3 Å². The standard InChI is InChI=1S/C17H23N3O3/c1-2-15-12-19(7-8-23-15)17(22)13-9-16(21)20(10-13)11-14-5-3-4-6-18-14/h3-6,13,15H,2,7-12H2,1H3/t13-,15+/m0/s1. The lowest BCUT2D eigenvalue weighted by atomic mass is 10.1. The molecule has 2 atom stereocenters. The maximum absolute atomic E-state index is 12.7. The molecule has 0 unspecified atom stereocenters. The maximum atomic E-state index is 12.7. The summed E-state index contributed by atoms with van der Waals surface area (Å²) in [6.07, 6.45) is 3.05. The number of hydrogen-bond acceptors (Lipinski definition) is 4. The fraction of sp³-hybridized carbons (Fsp3) is 0.588. The molecule has 1 aromatic rings. The van der Waals surface area contributed by atoms with Gasteiger partial charge in [-0.3, -0.25) is 14.6 Å². The Kier molecular flexibility index (Phi) is 4.91. The summed E-state index contributed by atoms with van der Waals surface area (Å²) in [5, 5.41) is 0. The topological polar surface area (TPSA) is 62.7 Å². The number of hydrogen-bond donors (Lipinski definition) is 0. The molecule has 2 aliphatic rings. The van der Waals surface area contributed by atoms with Gasteiger partial charge in [-0.25, -0.2) is 0 Å². The molecule has 0 N–H and O–H groups in total. The average Bonchev–Trinajstić information content (AvgIpc) is 2.96. The van der Waals surface area contributed by atoms with Crippen molar-refractivity contribution in [2.24, 2.45) is 5.92 Å². The normalized spacial score (nSPS) is 25.0. The molecule has 0 spiro atoms. The van der Waals surface area contributed by atoms with Crippen LogP contribution in [0.15, 0.2) is 24.4 Å². The van der Waals surface area contributed by atoms with Crippen LogP contribution >= 0.6 is 0 Å². The monoisotopic (exact) mass is 317 g/mol. The molecular weight excluding hydrogens is 294 g/mol. The maximum Gasteiger partial charge on any atom is 0.228 e. The number of carbonyl (C=O) groups excluding carboxylic acids is 2. The highest BCUT2D eigenvalue weighted by molar-refractivity contribution is 5.89. The number of likely N-dealkylation sites (tertiary alicyclic amines) is 1. The van der Waals surface area contributed by atoms with E-state index in [9.17, 15) is 9.59 Å². The predicted molar refractivity (Wildman–Crippen MR) is 84.4 cm³/mol. The zero-order valence-corrected chi connectivity index (χ0v) is 13.5. The molecule has 2 saturated heterocycles. The first-order chi connectivity index (χ1) is 11.2. The highest BCUT2D eigenvalue weighted by Gasteiger charge is 2.37. The second kappa shape index (κ2) is 7.08. The molecule has 0 aromatic carbocycles. The minimum atomic E-state index is -0.234. The summed E-state index contributed by atoms with van der Waals surface area (Å²) >= 11 is 0. The molecule has 2 amide bonds. The predicted octanol–water partition coefficient (Wildman–Crippen LogP) is 1.07. The highest BCUT2D eigenvalue weighted by Crippen LogP contribution is 2.23. The lowest BCUT2D eigenvalue weighted by Gasteiger charge is -2.34. The summed E-state index contributed by atoms with van der Waals surface area (Å²) in [4.78, 5) is 32.7. The van der Waals surface area contributed by atoms with Crippen LogP contribution in [0.25, 0.3) is 0 Å². The molecule has 23 heavy (non-hydrogen) atoms. The summed E-state index contributed by atoms with van der Waals surface area (Å²) in [5.41, 5.74) is 0.853. The first-order valence-corrected chi connectivity index (χ1v) is 8.25. The van der Waals surface area contributed by atoms with E-state index in [-0.39, 0.29) is 23.8 Å². The molecule has 0 aliphatic carbocycles. The molecule has 2 aliphatic heterocycles. The molecule has 6 nitrogen and oxygen atoms in total. The van der Waals surface area contributed by atoms with Crippen LogP contribution in [0.3, 0.4) is 0 Å². The molecule has 6 heteroatoms. The second-order valence-electron chi connectivity index (χ2n) is 6.18. The van der Waals surface area contributed by atoms with E-state index in [1.807, 2.05) is 23.1 Å². The van der Waals surface area contributed by atoms with E-state index in [1.165, 1.54) is 0 Å². The fourth-order valence-corrected chi connectivity index (χ4v) is 3.20. The zero-order valence-electron chi connectivity index (χ0n) is 13.5. The van der Waals surface area contributed by atoms with Gasteiger partial charge in [0.15, 0.2) is 0 Å². The van der Waals surface area contributed by atoms with Crippen molar-refractivity contribution in [2.75, 3.05) is 26.2 Å². The Morgan fingerprint density at radius 2 is 2.26 bits per heavy atom. The smallest absolute Gasteiger partial charge is 0.228 e. The van der Waals surface area contributed by atoms with Crippen LogP contribution in [0, 0.1) is 5.92 Å². The summed E-state index contributed by atoms with van der Waals surface area (Å²) < 4.78 is 5.61. The van der Waals surface area contributed by atoms with E-state index >= 15 is 0 Å². The Morgan fingerprint density at radius 1 is 1.39 bits per heavy atom. The SMILES string of the molecule is CC[C@@H]1CN(C(=O)[C@H]2CC(=O)N(Cc3ccccn3)C2)CCO1. The van der Waals surface area contributed by atoms with E-state index in [1.54, 1.807) is 11.1 Å². The van der Waals surface area contributed by atoms with Crippen molar-refractivity contribution in [2.45, 2.75) is 32.4 Å². The fourth-order valence-electron chi connectivity index (χ4n) is 3.20. The minimum Gasteiger partial charge on any atom is -0.375 e. The number of amides is 2. The Hall–Kier alpha value is -1.95. The van der Waals surface area contributed by atoms with Gasteiger partial charge >= 0.3 is 0 Å². The van der Waals surface area contributed by atoms with Gasteiger partial charge in [-0.2, -0.15) is 0 Å². The van der Waals surface area contributed by atoms with Crippen molar-refractivity contribution >= 4 is 11.8 Å². The molecule has 124 valence electrons. The number of ether oxygens (including phenoxy) is 1. The lowest BCUT2D eigenvalue weighted by Crippen LogP contribution is -2.48. The second-order valence-corrected chi connectivity index (χ2v) is 6.18. The van der Waals surface area contributed by atoms with Crippen LogP contribution in [0.4, 0.5) is 0 Å². The third-order valence-electron chi connectivity index (χ3n) is 4.55. The van der Waals surface area contributed by atoms with Gasteiger partial charge in [0, 0.05) is 32.3 Å². The summed E-state index contributed by atoms with van der Waals surface area (Å²) in [6, 6.07) is 5.66. The van der Waals surface area contributed by atoms with E-state index in [4.69, 9.17) is 4.74 Å². The summed E-state index contributed by atoms with van der Waals surface area (Å²) in [5.74, 6) is -0.111. The molecule has 2 fully saturated rings. The average molecular weight is 317 g/mol. The molecule has 0 radical (unpaired) electrons. The highest BCUT2D eigenvalue weighted by atomic mass is 16.5. The first-order valence-electron chi connectivity index (χ1n) is 8.25. The van der Waals surface area contributed by atoms with Gasteiger partial charge < -0.3 is 14.5 Å². The van der Waals surface area contributed by atoms with Gasteiger partial charge in [0.05, 0.1) is 30.9 Å². The first kappa shape index (κ1) is 15.9. The zero-order chi connectivity index (χ0) is 16.2. The number of pyridine rings is 1. The van der Waals surface area contributed by atoms with Gasteiger partial charge in [0.25, 0.3) is 0 Å². The quantitative estimate of drug-likeness (QED) is 0.833. The number of rotatable bonds is 4. The third kappa shape index (κ3) is 3.69. The van der Waals surface area contributed by atoms with Crippen molar-refractivity contribution in [3.63, 3.8) is 0 Å². The van der Waals surface area contributed by atoms with Gasteiger partial charge in [-0.1, -0.05) is 13.0 Å². The summed E-state index contributed by atoms with van der Waals surface area (Å²) in [7, 11) is 0. The number of aromatic nitrogens is 1. The van der Waals surface area contributed by atoms with Gasteiger partial charge in [-0.05, 0) is 18.6 Å². The van der Waals surface area contributed by atoms with Crippen molar-refractivity contribution in [3.05, 3.63) is 30.1 Å². The lowest BCUT2D eigenvalue weighted by molar-refractivity contribution is -0.143. The van der Waals surface area contributed by atoms with E-state index in [2.05, 4.69) is 11.9 Å². The molecule has 3 heterocycles. The van der Waals surface area contributed by atoms with E-state index < -0.39 is 0 Å². The molecule has 3 rings (SSSR count). The van der Waals surface area contributed by atoms with Crippen molar-refractivity contribution in [3.8, 4) is 0 Å². The molecule has 0 saturated carbocycles. The van der Waals surface area contributed by atoms with E-state index in [0.717, 1.165) is 12.1 Å². The van der Waals surface area contributed by atoms with Crippen LogP contribution in [0.2, 0.25) is 0 Å². The molecule has 1 aromatic heterocycles. The van der Waals surface area contributed by atoms with Crippen molar-refractivity contribution in [1.29, 1.82) is 0 Å². The Labute approximate surface area is 136 Å². The molecule has 0 bridgehead atoms. The Balaban J connectivity index is 1.59. The third-order valence-corrected chi connectivity index (χ3v) is 4.55. The Morgan fingerprint density at radius 3 is 3.00 bits per heavy atom. The minimum absolute atomic E-state index is 0.0364. The van der Waals surface area contributed by atoms with Crippen LogP contribution < -0.4 is 0 Å². The molecular formula is C17H23N3O3. The van der Waals surface area contributed by atoms with Crippen LogP contribution in [-0.4, -0.2) is 58.9 Å². The Bertz CT molecular complexity index is 563.